The molecule has 0 spiro atoms. The molecule has 6 aromatic carbocycles. The van der Waals surface area contributed by atoms with Crippen LogP contribution in [0, 0.1) is 0 Å². The third-order valence-corrected chi connectivity index (χ3v) is 9.69. The largest absolute Gasteiger partial charge is 0.519 e. The highest BCUT2D eigenvalue weighted by molar-refractivity contribution is 5.76. The van der Waals surface area contributed by atoms with E-state index in [1.807, 2.05) is 48.5 Å². The fourth-order valence-corrected chi connectivity index (χ4v) is 7.14. The number of carbonyl (C=O) groups excluding carboxylic acids is 1. The molecule has 4 nitrogen and oxygen atoms in total. The molecular formula is C45H41NO3. The first-order chi connectivity index (χ1) is 24.2. The van der Waals surface area contributed by atoms with Crippen molar-refractivity contribution in [1.82, 2.24) is 0 Å². The number of hydrogen-bond acceptors (Lipinski definition) is 4. The van der Waals surface area contributed by atoms with Crippen molar-refractivity contribution >= 4 is 23.2 Å². The fraction of sp³-hybridized carbons (Fsp3) is 0.178. The topological polar surface area (TPSA) is 38.8 Å². The van der Waals surface area contributed by atoms with Crippen LogP contribution in [0.2, 0.25) is 0 Å². The number of benzene rings is 6. The van der Waals surface area contributed by atoms with E-state index in [0.717, 1.165) is 42.7 Å². The molecule has 0 radical (unpaired) electrons. The standard InChI is InChI=1S/C45H41NO3/c47-44(49-43-31-25-38(26-32-43)45(33-11-4-12-34-45)37-13-5-1-6-14-37)48-42-29-23-36(24-30-42)20-19-35-21-27-41(28-22-35)46(39-15-7-2-8-16-39)40-17-9-3-10-18-40/h1-3,5-10,13-18,21-32H,4,11-12,19-20,33-34H2. The van der Waals surface area contributed by atoms with Gasteiger partial charge in [0.05, 0.1) is 0 Å². The molecule has 244 valence electrons. The molecule has 4 heteroatoms. The highest BCUT2D eigenvalue weighted by atomic mass is 16.7. The van der Waals surface area contributed by atoms with E-state index >= 15 is 0 Å². The lowest BCUT2D eigenvalue weighted by Crippen LogP contribution is -2.30. The summed E-state index contributed by atoms with van der Waals surface area (Å²) < 4.78 is 11.1. The van der Waals surface area contributed by atoms with Crippen molar-refractivity contribution < 1.29 is 14.3 Å². The highest BCUT2D eigenvalue weighted by Crippen LogP contribution is 2.45. The van der Waals surface area contributed by atoms with Gasteiger partial charge >= 0.3 is 6.16 Å². The Hall–Kier alpha value is -5.61. The number of para-hydroxylation sites is 2. The van der Waals surface area contributed by atoms with Gasteiger partial charge < -0.3 is 14.4 Å². The van der Waals surface area contributed by atoms with Crippen molar-refractivity contribution in [3.8, 4) is 11.5 Å². The number of hydrogen-bond donors (Lipinski definition) is 0. The van der Waals surface area contributed by atoms with Gasteiger partial charge in [0.1, 0.15) is 11.5 Å². The molecule has 0 aromatic heterocycles. The van der Waals surface area contributed by atoms with Crippen molar-refractivity contribution in [1.29, 1.82) is 0 Å². The van der Waals surface area contributed by atoms with Crippen LogP contribution in [0.25, 0.3) is 0 Å². The van der Waals surface area contributed by atoms with E-state index in [1.54, 1.807) is 0 Å². The van der Waals surface area contributed by atoms with Crippen LogP contribution in [0.3, 0.4) is 0 Å². The van der Waals surface area contributed by atoms with Gasteiger partial charge in [-0.1, -0.05) is 122 Å². The van der Waals surface area contributed by atoms with Gasteiger partial charge in [0.25, 0.3) is 0 Å². The van der Waals surface area contributed by atoms with Gasteiger partial charge in [-0.15, -0.1) is 0 Å². The summed E-state index contributed by atoms with van der Waals surface area (Å²) >= 11 is 0. The van der Waals surface area contributed by atoms with Crippen molar-refractivity contribution in [2.75, 3.05) is 4.90 Å². The monoisotopic (exact) mass is 643 g/mol. The van der Waals surface area contributed by atoms with Crippen LogP contribution < -0.4 is 14.4 Å². The second kappa shape index (κ2) is 15.1. The summed E-state index contributed by atoms with van der Waals surface area (Å²) in [5, 5.41) is 0. The molecule has 0 unspecified atom stereocenters. The smallest absolute Gasteiger partial charge is 0.395 e. The van der Waals surface area contributed by atoms with Crippen molar-refractivity contribution in [3.63, 3.8) is 0 Å². The van der Waals surface area contributed by atoms with Gasteiger partial charge in [0, 0.05) is 22.5 Å². The maximum atomic E-state index is 12.7. The third-order valence-electron chi connectivity index (χ3n) is 9.69. The molecule has 1 aliphatic carbocycles. The van der Waals surface area contributed by atoms with Gasteiger partial charge in [0.15, 0.2) is 0 Å². The number of carbonyl (C=O) groups is 1. The molecule has 0 atom stereocenters. The predicted octanol–water partition coefficient (Wildman–Crippen LogP) is 11.8. The lowest BCUT2D eigenvalue weighted by molar-refractivity contribution is 0.152. The van der Waals surface area contributed by atoms with Crippen LogP contribution >= 0.6 is 0 Å². The van der Waals surface area contributed by atoms with E-state index in [9.17, 15) is 4.79 Å². The molecule has 6 aromatic rings. The first-order valence-corrected chi connectivity index (χ1v) is 17.3. The highest BCUT2D eigenvalue weighted by Gasteiger charge is 2.35. The third kappa shape index (κ3) is 7.60. The van der Waals surface area contributed by atoms with Gasteiger partial charge in [0.2, 0.25) is 0 Å². The molecule has 1 fully saturated rings. The number of aryl methyl sites for hydroxylation is 2. The van der Waals surface area contributed by atoms with Gasteiger partial charge in [-0.2, -0.15) is 0 Å². The SMILES string of the molecule is O=C(Oc1ccc(CCc2ccc(N(c3ccccc3)c3ccccc3)cc2)cc1)Oc1ccc(C2(c3ccccc3)CCCCC2)cc1. The molecule has 0 heterocycles. The van der Waals surface area contributed by atoms with Gasteiger partial charge in [-0.05, 0) is 109 Å². The Morgan fingerprint density at radius 1 is 0.469 bits per heavy atom. The Morgan fingerprint density at radius 3 is 1.39 bits per heavy atom. The van der Waals surface area contributed by atoms with Crippen molar-refractivity contribution in [3.05, 3.63) is 186 Å². The molecular weight excluding hydrogens is 602 g/mol. The van der Waals surface area contributed by atoms with Crippen LogP contribution in [0.15, 0.2) is 164 Å². The van der Waals surface area contributed by atoms with E-state index in [-0.39, 0.29) is 5.41 Å². The van der Waals surface area contributed by atoms with Crippen LogP contribution in [-0.4, -0.2) is 6.16 Å². The maximum Gasteiger partial charge on any atom is 0.519 e. The van der Waals surface area contributed by atoms with Crippen LogP contribution in [0.5, 0.6) is 11.5 Å². The van der Waals surface area contributed by atoms with Gasteiger partial charge in [-0.3, -0.25) is 0 Å². The van der Waals surface area contributed by atoms with Crippen LogP contribution in [0.4, 0.5) is 21.9 Å². The molecule has 49 heavy (non-hydrogen) atoms. The fourth-order valence-electron chi connectivity index (χ4n) is 7.14. The quantitative estimate of drug-likeness (QED) is 0.110. The first-order valence-electron chi connectivity index (χ1n) is 17.3. The first kappa shape index (κ1) is 32.0. The molecule has 1 aliphatic rings. The Labute approximate surface area is 289 Å². The molecule has 0 bridgehead atoms. The van der Waals surface area contributed by atoms with Gasteiger partial charge in [-0.25, -0.2) is 4.79 Å². The number of anilines is 3. The van der Waals surface area contributed by atoms with Crippen molar-refractivity contribution in [2.24, 2.45) is 0 Å². The second-order valence-corrected chi connectivity index (χ2v) is 12.8. The molecule has 0 saturated heterocycles. The molecule has 0 aliphatic heterocycles. The van der Waals surface area contributed by atoms with E-state index in [0.29, 0.717) is 11.5 Å². The molecule has 0 amide bonds. The summed E-state index contributed by atoms with van der Waals surface area (Å²) in [6.45, 7) is 0. The second-order valence-electron chi connectivity index (χ2n) is 12.8. The summed E-state index contributed by atoms with van der Waals surface area (Å²) in [6.07, 6.45) is 7.01. The Morgan fingerprint density at radius 2 is 0.878 bits per heavy atom. The number of nitrogens with zero attached hydrogens (tertiary/aromatic N) is 1. The molecule has 1 saturated carbocycles. The zero-order valence-corrected chi connectivity index (χ0v) is 27.7. The van der Waals surface area contributed by atoms with Crippen molar-refractivity contribution in [2.45, 2.75) is 50.4 Å². The lowest BCUT2D eigenvalue weighted by atomic mass is 9.65. The average molecular weight is 644 g/mol. The van der Waals surface area contributed by atoms with E-state index < -0.39 is 6.16 Å². The average Bonchev–Trinajstić information content (AvgIpc) is 3.17. The van der Waals surface area contributed by atoms with E-state index in [1.165, 1.54) is 41.5 Å². The zero-order valence-electron chi connectivity index (χ0n) is 27.7. The predicted molar refractivity (Wildman–Crippen MR) is 198 cm³/mol. The zero-order chi connectivity index (χ0) is 33.3. The maximum absolute atomic E-state index is 12.7. The van der Waals surface area contributed by atoms with Crippen LogP contribution in [-0.2, 0) is 18.3 Å². The Kier molecular flexibility index (Phi) is 9.84. The summed E-state index contributed by atoms with van der Waals surface area (Å²) in [7, 11) is 0. The Balaban J connectivity index is 0.936. The minimum absolute atomic E-state index is 0.00961. The number of ether oxygens (including phenoxy) is 2. The van der Waals surface area contributed by atoms with E-state index in [4.69, 9.17) is 9.47 Å². The molecule has 7 rings (SSSR count). The summed E-state index contributed by atoms with van der Waals surface area (Å²) in [5.41, 5.74) is 8.43. The lowest BCUT2D eigenvalue weighted by Gasteiger charge is -2.38. The minimum atomic E-state index is -0.740. The summed E-state index contributed by atoms with van der Waals surface area (Å²) in [6, 6.07) is 56.0. The van der Waals surface area contributed by atoms with Crippen LogP contribution in [0.1, 0.15) is 54.4 Å². The van der Waals surface area contributed by atoms with E-state index in [2.05, 4.69) is 120 Å². The number of rotatable bonds is 10. The minimum Gasteiger partial charge on any atom is -0.395 e. The Bertz CT molecular complexity index is 1880. The summed E-state index contributed by atoms with van der Waals surface area (Å²) in [4.78, 5) is 14.9. The summed E-state index contributed by atoms with van der Waals surface area (Å²) in [5.74, 6) is 0.938. The normalized spacial score (nSPS) is 13.7. The molecule has 0 N–H and O–H groups in total.